The van der Waals surface area contributed by atoms with E-state index in [2.05, 4.69) is 4.76 Å². The highest BCUT2D eigenvalue weighted by atomic mass is 31.2. The summed E-state index contributed by atoms with van der Waals surface area (Å²) in [6, 6.07) is 29.0. The van der Waals surface area contributed by atoms with Gasteiger partial charge >= 0.3 is 0 Å². The van der Waals surface area contributed by atoms with Crippen molar-refractivity contribution < 1.29 is 4.57 Å². The molecular formula is C20H18NOP. The SMILES string of the molecule is O=P(/N=C/Cc1ccccc1)(c1ccccc1)c1ccccc1. The van der Waals surface area contributed by atoms with Crippen molar-refractivity contribution >= 4 is 24.1 Å². The summed E-state index contributed by atoms with van der Waals surface area (Å²) in [5.74, 6) is 0. The molecule has 0 N–H and O–H groups in total. The highest BCUT2D eigenvalue weighted by Crippen LogP contribution is 2.44. The first kappa shape index (κ1) is 15.5. The Hall–Kier alpha value is -2.44. The van der Waals surface area contributed by atoms with Gasteiger partial charge in [0.15, 0.2) is 0 Å². The lowest BCUT2D eigenvalue weighted by Crippen LogP contribution is -2.14. The Balaban J connectivity index is 1.95. The molecule has 0 radical (unpaired) electrons. The van der Waals surface area contributed by atoms with Crippen LogP contribution in [0.25, 0.3) is 0 Å². The van der Waals surface area contributed by atoms with Crippen LogP contribution in [-0.2, 0) is 11.0 Å². The van der Waals surface area contributed by atoms with Crippen LogP contribution in [0.3, 0.4) is 0 Å². The summed E-state index contributed by atoms with van der Waals surface area (Å²) in [6.45, 7) is 0. The molecule has 23 heavy (non-hydrogen) atoms. The van der Waals surface area contributed by atoms with E-state index < -0.39 is 7.29 Å². The molecule has 0 aromatic heterocycles. The third-order valence-corrected chi connectivity index (χ3v) is 6.11. The van der Waals surface area contributed by atoms with Gasteiger partial charge in [0.05, 0.1) is 0 Å². The highest BCUT2D eigenvalue weighted by molar-refractivity contribution is 7.77. The van der Waals surface area contributed by atoms with Gasteiger partial charge in [-0.15, -0.1) is 0 Å². The van der Waals surface area contributed by atoms with Gasteiger partial charge < -0.3 is 0 Å². The Morgan fingerprint density at radius 1 is 0.696 bits per heavy atom. The summed E-state index contributed by atoms with van der Waals surface area (Å²) in [5.41, 5.74) is 1.16. The molecule has 0 unspecified atom stereocenters. The first-order chi connectivity index (χ1) is 11.3. The second-order valence-electron chi connectivity index (χ2n) is 5.23. The van der Waals surface area contributed by atoms with E-state index in [1.54, 1.807) is 6.21 Å². The fraction of sp³-hybridized carbons (Fsp3) is 0.0500. The van der Waals surface area contributed by atoms with Gasteiger partial charge in [0.1, 0.15) is 0 Å². The van der Waals surface area contributed by atoms with Gasteiger partial charge in [-0.3, -0.25) is 4.57 Å². The van der Waals surface area contributed by atoms with Gasteiger partial charge in [0, 0.05) is 23.2 Å². The van der Waals surface area contributed by atoms with E-state index in [-0.39, 0.29) is 0 Å². The van der Waals surface area contributed by atoms with Crippen LogP contribution in [-0.4, -0.2) is 6.21 Å². The maximum atomic E-state index is 13.6. The molecule has 2 nitrogen and oxygen atoms in total. The molecule has 0 saturated heterocycles. The Bertz CT molecular complexity index is 771. The number of benzene rings is 3. The van der Waals surface area contributed by atoms with E-state index in [9.17, 15) is 4.57 Å². The van der Waals surface area contributed by atoms with Crippen LogP contribution in [0, 0.1) is 0 Å². The van der Waals surface area contributed by atoms with Crippen LogP contribution in [0.2, 0.25) is 0 Å². The molecule has 0 aliphatic carbocycles. The van der Waals surface area contributed by atoms with Crippen molar-refractivity contribution in [1.82, 2.24) is 0 Å². The van der Waals surface area contributed by atoms with E-state index in [0.717, 1.165) is 16.2 Å². The lowest BCUT2D eigenvalue weighted by atomic mass is 10.2. The average Bonchev–Trinajstić information content (AvgIpc) is 2.64. The summed E-state index contributed by atoms with van der Waals surface area (Å²) >= 11 is 0. The Morgan fingerprint density at radius 2 is 1.13 bits per heavy atom. The zero-order chi connectivity index (χ0) is 16.0. The van der Waals surface area contributed by atoms with Crippen molar-refractivity contribution in [2.45, 2.75) is 6.42 Å². The minimum Gasteiger partial charge on any atom is -0.288 e. The summed E-state index contributed by atoms with van der Waals surface area (Å²) < 4.78 is 18.1. The molecule has 0 aliphatic heterocycles. The normalized spacial score (nSPS) is 11.7. The van der Waals surface area contributed by atoms with Gasteiger partial charge in [0.25, 0.3) is 0 Å². The van der Waals surface area contributed by atoms with Crippen molar-refractivity contribution in [1.29, 1.82) is 0 Å². The van der Waals surface area contributed by atoms with E-state index in [4.69, 9.17) is 0 Å². The molecular weight excluding hydrogens is 301 g/mol. The summed E-state index contributed by atoms with van der Waals surface area (Å²) in [6.07, 6.45) is 2.45. The van der Waals surface area contributed by atoms with E-state index >= 15 is 0 Å². The smallest absolute Gasteiger partial charge is 0.247 e. The zero-order valence-electron chi connectivity index (χ0n) is 12.7. The van der Waals surface area contributed by atoms with Crippen molar-refractivity contribution in [2.75, 3.05) is 0 Å². The molecule has 0 atom stereocenters. The molecule has 0 aliphatic rings. The molecule has 114 valence electrons. The molecule has 3 aromatic carbocycles. The van der Waals surface area contributed by atoms with Gasteiger partial charge in [-0.25, -0.2) is 4.76 Å². The maximum Gasteiger partial charge on any atom is 0.247 e. The molecule has 0 spiro atoms. The second kappa shape index (κ2) is 7.21. The van der Waals surface area contributed by atoms with Crippen LogP contribution >= 0.6 is 7.29 Å². The highest BCUT2D eigenvalue weighted by Gasteiger charge is 2.25. The van der Waals surface area contributed by atoms with Crippen LogP contribution in [0.5, 0.6) is 0 Å². The van der Waals surface area contributed by atoms with Crippen molar-refractivity contribution in [3.8, 4) is 0 Å². The fourth-order valence-electron chi connectivity index (χ4n) is 2.42. The summed E-state index contributed by atoms with van der Waals surface area (Å²) in [5, 5.41) is 1.52. The Morgan fingerprint density at radius 3 is 1.61 bits per heavy atom. The van der Waals surface area contributed by atoms with E-state index in [1.165, 1.54) is 0 Å². The average molecular weight is 319 g/mol. The minimum atomic E-state index is -2.99. The summed E-state index contributed by atoms with van der Waals surface area (Å²) in [4.78, 5) is 0. The quantitative estimate of drug-likeness (QED) is 0.511. The monoisotopic (exact) mass is 319 g/mol. The third-order valence-electron chi connectivity index (χ3n) is 3.63. The van der Waals surface area contributed by atoms with E-state index in [1.807, 2.05) is 91.0 Å². The van der Waals surface area contributed by atoms with Gasteiger partial charge in [0.2, 0.25) is 7.29 Å². The van der Waals surface area contributed by atoms with Gasteiger partial charge in [-0.1, -0.05) is 66.7 Å². The number of hydrogen-bond donors (Lipinski definition) is 0. The first-order valence-corrected chi connectivity index (χ1v) is 9.24. The number of nitrogens with zero attached hydrogens (tertiary/aromatic N) is 1. The molecule has 0 saturated carbocycles. The topological polar surface area (TPSA) is 29.4 Å². The maximum absolute atomic E-state index is 13.6. The van der Waals surface area contributed by atoms with Crippen LogP contribution in [0.1, 0.15) is 5.56 Å². The molecule has 3 rings (SSSR count). The van der Waals surface area contributed by atoms with Crippen LogP contribution in [0.4, 0.5) is 0 Å². The standard InChI is InChI=1S/C20H18NOP/c22-23(19-12-6-2-7-13-19,20-14-8-3-9-15-20)21-17-16-18-10-4-1-5-11-18/h1-15,17H,16H2/b21-17+. The molecule has 0 fully saturated rings. The minimum absolute atomic E-state index is 0.671. The fourth-order valence-corrected chi connectivity index (χ4v) is 4.45. The zero-order valence-corrected chi connectivity index (χ0v) is 13.6. The molecule has 0 amide bonds. The predicted molar refractivity (Wildman–Crippen MR) is 98.4 cm³/mol. The lowest BCUT2D eigenvalue weighted by Gasteiger charge is -2.14. The second-order valence-corrected chi connectivity index (χ2v) is 7.65. The van der Waals surface area contributed by atoms with Crippen molar-refractivity contribution in [2.24, 2.45) is 4.76 Å². The van der Waals surface area contributed by atoms with Gasteiger partial charge in [-0.2, -0.15) is 0 Å². The van der Waals surface area contributed by atoms with Crippen LogP contribution in [0.15, 0.2) is 95.8 Å². The molecule has 0 bridgehead atoms. The predicted octanol–water partition coefficient (Wildman–Crippen LogP) is 4.23. The lowest BCUT2D eigenvalue weighted by molar-refractivity contribution is 0.588. The molecule has 0 heterocycles. The first-order valence-electron chi connectivity index (χ1n) is 7.58. The molecule has 3 aromatic rings. The van der Waals surface area contributed by atoms with Crippen molar-refractivity contribution in [3.63, 3.8) is 0 Å². The Kier molecular flexibility index (Phi) is 4.85. The Labute approximate surface area is 137 Å². The summed E-state index contributed by atoms with van der Waals surface area (Å²) in [7, 11) is -2.99. The van der Waals surface area contributed by atoms with Crippen LogP contribution < -0.4 is 10.6 Å². The van der Waals surface area contributed by atoms with E-state index in [0.29, 0.717) is 6.42 Å². The third kappa shape index (κ3) is 3.67. The van der Waals surface area contributed by atoms with Crippen molar-refractivity contribution in [3.05, 3.63) is 96.6 Å². The molecule has 3 heteroatoms. The number of hydrogen-bond acceptors (Lipinski definition) is 1. The number of rotatable bonds is 5. The largest absolute Gasteiger partial charge is 0.288 e. The van der Waals surface area contributed by atoms with Gasteiger partial charge in [-0.05, 0) is 29.8 Å².